The van der Waals surface area contributed by atoms with E-state index in [9.17, 15) is 5.11 Å². The van der Waals surface area contributed by atoms with E-state index in [0.717, 1.165) is 38.9 Å². The molecule has 0 bridgehead atoms. The molecule has 0 saturated carbocycles. The molecule has 11 heteroatoms. The first kappa shape index (κ1) is 51.0. The Labute approximate surface area is 423 Å². The highest BCUT2D eigenvalue weighted by atomic mass is 16.8. The molecule has 2 heterocycles. The minimum absolute atomic E-state index is 0.0312. The smallest absolute Gasteiger partial charge is 0.187 e. The van der Waals surface area contributed by atoms with Gasteiger partial charge in [-0.3, -0.25) is 0 Å². The summed E-state index contributed by atoms with van der Waals surface area (Å²) < 4.78 is 68.6. The molecule has 0 spiro atoms. The maximum Gasteiger partial charge on any atom is 0.187 e. The Morgan fingerprint density at radius 1 is 0.292 bits per heavy atom. The summed E-state index contributed by atoms with van der Waals surface area (Å²) in [5.74, 6) is 0. The monoisotopic (exact) mass is 972 g/mol. The zero-order valence-corrected chi connectivity index (χ0v) is 40.4. The molecule has 2 aliphatic heterocycles. The van der Waals surface area contributed by atoms with Crippen molar-refractivity contribution in [3.8, 4) is 0 Å². The molecule has 9 rings (SSSR count). The van der Waals surface area contributed by atoms with Crippen molar-refractivity contribution in [3.05, 3.63) is 251 Å². The summed E-state index contributed by atoms with van der Waals surface area (Å²) in [7, 11) is 0. The van der Waals surface area contributed by atoms with E-state index in [2.05, 4.69) is 0 Å². The van der Waals surface area contributed by atoms with E-state index in [4.69, 9.17) is 47.4 Å². The molecule has 0 radical (unpaired) electrons. The molecule has 7 aromatic rings. The lowest BCUT2D eigenvalue weighted by Gasteiger charge is -2.49. The molecule has 0 unspecified atom stereocenters. The van der Waals surface area contributed by atoms with Crippen molar-refractivity contribution in [2.45, 2.75) is 108 Å². The van der Waals surface area contributed by atoms with Gasteiger partial charge in [0.2, 0.25) is 0 Å². The summed E-state index contributed by atoms with van der Waals surface area (Å²) in [5.41, 5.74) is 6.72. The average molecular weight is 973 g/mol. The van der Waals surface area contributed by atoms with E-state index in [0.29, 0.717) is 13.2 Å². The molecule has 11 nitrogen and oxygen atoms in total. The van der Waals surface area contributed by atoms with Crippen LogP contribution in [0.5, 0.6) is 0 Å². The van der Waals surface area contributed by atoms with Gasteiger partial charge in [0.05, 0.1) is 59.5 Å². The van der Waals surface area contributed by atoms with Gasteiger partial charge < -0.3 is 52.5 Å². The standard InChI is InChI=1S/C61H64O11/c62-54-52(43-63-36-45-22-8-1-9-23-45)70-61(58(67-40-49-30-16-5-17-31-49)56(54)65-38-47-26-12-3-13-27-47)72-55-53(44-64-37-46-24-10-2-11-25-46)71-60(69-42-51-34-20-7-21-35-51)59(68-41-50-32-18-6-19-33-50)57(55)66-39-48-28-14-4-15-29-48/h1-35,52-62H,36-44H2/t52-,53-,54-,55-,56+,57+,58-,59-,60-,61-/m1/s1. The maximum absolute atomic E-state index is 12.4. The molecule has 0 aromatic heterocycles. The third kappa shape index (κ3) is 14.8. The van der Waals surface area contributed by atoms with Gasteiger partial charge in [-0.1, -0.05) is 212 Å². The normalized spacial score (nSPS) is 24.2. The second-order valence-corrected chi connectivity index (χ2v) is 18.0. The molecule has 0 amide bonds. The predicted octanol–water partition coefficient (Wildman–Crippen LogP) is 10.2. The van der Waals surface area contributed by atoms with Gasteiger partial charge in [-0.05, 0) is 38.9 Å². The summed E-state index contributed by atoms with van der Waals surface area (Å²) in [6.45, 7) is 1.81. The average Bonchev–Trinajstić information content (AvgIpc) is 3.44. The van der Waals surface area contributed by atoms with E-state index in [1.165, 1.54) is 0 Å². The van der Waals surface area contributed by atoms with Crippen molar-refractivity contribution >= 4 is 0 Å². The van der Waals surface area contributed by atoms with Gasteiger partial charge in [0.1, 0.15) is 48.8 Å². The summed E-state index contributed by atoms with van der Waals surface area (Å²) in [4.78, 5) is 0. The van der Waals surface area contributed by atoms with Gasteiger partial charge >= 0.3 is 0 Å². The summed E-state index contributed by atoms with van der Waals surface area (Å²) in [6, 6.07) is 69.5. The zero-order valence-electron chi connectivity index (χ0n) is 40.4. The quantitative estimate of drug-likeness (QED) is 0.0591. The van der Waals surface area contributed by atoms with Crippen LogP contribution in [0.4, 0.5) is 0 Å². The Bertz CT molecular complexity index is 2550. The number of aliphatic hydroxyl groups is 1. The molecule has 7 aromatic carbocycles. The van der Waals surface area contributed by atoms with Gasteiger partial charge in [-0.25, -0.2) is 0 Å². The Balaban J connectivity index is 1.09. The number of aliphatic hydroxyl groups excluding tert-OH is 1. The SMILES string of the molecule is O[C@H]1[C@H](OCc2ccccc2)[C@@H](OCc2ccccc2)[C@@H](O[C@H]2[C@H](OCc3ccccc3)[C@@H](OCc3ccccc3)[C@H](OCc3ccccc3)O[C@@H]2COCc2ccccc2)O[C@@H]1COCc1ccccc1. The van der Waals surface area contributed by atoms with Crippen LogP contribution in [0.25, 0.3) is 0 Å². The van der Waals surface area contributed by atoms with Crippen LogP contribution in [0.15, 0.2) is 212 Å². The van der Waals surface area contributed by atoms with Crippen LogP contribution < -0.4 is 0 Å². The second-order valence-electron chi connectivity index (χ2n) is 18.0. The highest BCUT2D eigenvalue weighted by molar-refractivity contribution is 5.19. The first-order valence-corrected chi connectivity index (χ1v) is 24.8. The van der Waals surface area contributed by atoms with E-state index in [1.54, 1.807) is 0 Å². The molecule has 0 aliphatic carbocycles. The number of ether oxygens (including phenoxy) is 10. The van der Waals surface area contributed by atoms with Crippen molar-refractivity contribution in [3.63, 3.8) is 0 Å². The van der Waals surface area contributed by atoms with E-state index < -0.39 is 61.4 Å². The van der Waals surface area contributed by atoms with Crippen LogP contribution in [0, 0.1) is 0 Å². The van der Waals surface area contributed by atoms with Gasteiger partial charge in [0.25, 0.3) is 0 Å². The molecule has 2 aliphatic rings. The molecule has 2 fully saturated rings. The molecule has 374 valence electrons. The Morgan fingerprint density at radius 2 is 0.583 bits per heavy atom. The van der Waals surface area contributed by atoms with Crippen molar-refractivity contribution in [2.75, 3.05) is 13.2 Å². The highest BCUT2D eigenvalue weighted by Gasteiger charge is 2.54. The van der Waals surface area contributed by atoms with Gasteiger partial charge in [-0.2, -0.15) is 0 Å². The Hall–Kier alpha value is -5.90. The molecule has 10 atom stereocenters. The maximum atomic E-state index is 12.4. The number of rotatable bonds is 25. The van der Waals surface area contributed by atoms with E-state index in [1.807, 2.05) is 212 Å². The molecule has 1 N–H and O–H groups in total. The number of hydrogen-bond acceptors (Lipinski definition) is 11. The van der Waals surface area contributed by atoms with E-state index >= 15 is 0 Å². The van der Waals surface area contributed by atoms with Crippen LogP contribution in [-0.4, -0.2) is 79.7 Å². The number of benzene rings is 7. The van der Waals surface area contributed by atoms with Crippen molar-refractivity contribution < 1.29 is 52.5 Å². The highest BCUT2D eigenvalue weighted by Crippen LogP contribution is 2.36. The van der Waals surface area contributed by atoms with Gasteiger partial charge in [0, 0.05) is 0 Å². The minimum atomic E-state index is -1.18. The Morgan fingerprint density at radius 3 is 0.972 bits per heavy atom. The third-order valence-electron chi connectivity index (χ3n) is 12.7. The lowest BCUT2D eigenvalue weighted by molar-refractivity contribution is -0.376. The first-order chi connectivity index (χ1) is 35.6. The molecule has 2 saturated heterocycles. The van der Waals surface area contributed by atoms with Gasteiger partial charge in [0.15, 0.2) is 12.6 Å². The zero-order chi connectivity index (χ0) is 49.0. The first-order valence-electron chi connectivity index (χ1n) is 24.8. The van der Waals surface area contributed by atoms with E-state index in [-0.39, 0.29) is 46.2 Å². The Kier molecular flexibility index (Phi) is 19.3. The predicted molar refractivity (Wildman–Crippen MR) is 272 cm³/mol. The van der Waals surface area contributed by atoms with Crippen molar-refractivity contribution in [2.24, 2.45) is 0 Å². The van der Waals surface area contributed by atoms with Gasteiger partial charge in [-0.15, -0.1) is 0 Å². The summed E-state index contributed by atoms with van der Waals surface area (Å²) in [6.07, 6.45) is -9.47. The topological polar surface area (TPSA) is 113 Å². The van der Waals surface area contributed by atoms with Crippen molar-refractivity contribution in [1.29, 1.82) is 0 Å². The van der Waals surface area contributed by atoms with Crippen molar-refractivity contribution in [1.82, 2.24) is 0 Å². The molecular weight excluding hydrogens is 909 g/mol. The fourth-order valence-corrected chi connectivity index (χ4v) is 8.89. The lowest BCUT2D eigenvalue weighted by atomic mass is 9.96. The largest absolute Gasteiger partial charge is 0.387 e. The fourth-order valence-electron chi connectivity index (χ4n) is 8.89. The number of hydrogen-bond donors (Lipinski definition) is 1. The van der Waals surface area contributed by atoms with Crippen LogP contribution >= 0.6 is 0 Å². The van der Waals surface area contributed by atoms with Crippen LogP contribution in [-0.2, 0) is 93.6 Å². The van der Waals surface area contributed by atoms with Crippen LogP contribution in [0.3, 0.4) is 0 Å². The second kappa shape index (κ2) is 27.2. The summed E-state index contributed by atoms with van der Waals surface area (Å²) in [5, 5.41) is 12.4. The van der Waals surface area contributed by atoms with Crippen LogP contribution in [0.2, 0.25) is 0 Å². The fraction of sp³-hybridized carbons (Fsp3) is 0.311. The summed E-state index contributed by atoms with van der Waals surface area (Å²) >= 11 is 0. The lowest BCUT2D eigenvalue weighted by Crippen LogP contribution is -2.66. The van der Waals surface area contributed by atoms with Crippen LogP contribution in [0.1, 0.15) is 38.9 Å². The minimum Gasteiger partial charge on any atom is -0.387 e. The molecule has 72 heavy (non-hydrogen) atoms. The third-order valence-corrected chi connectivity index (χ3v) is 12.7. The molecular formula is C61H64O11.